The number of rotatable bonds is 7. The third-order valence-electron chi connectivity index (χ3n) is 4.95. The number of hydrogen-bond acceptors (Lipinski definition) is 3. The Bertz CT molecular complexity index is 1120. The Morgan fingerprint density at radius 1 is 0.931 bits per heavy atom. The average Bonchev–Trinajstić information content (AvgIpc) is 3.02. The normalized spacial score (nSPS) is 11.0. The van der Waals surface area contributed by atoms with Crippen LogP contribution in [0.3, 0.4) is 0 Å². The molecule has 0 aliphatic rings. The number of anilines is 1. The second-order valence-electron chi connectivity index (χ2n) is 6.70. The first-order valence-electron chi connectivity index (χ1n) is 9.44. The molecular weight excluding hydrogens is 369 g/mol. The molecular formula is C23H23FN3O2+. The first-order chi connectivity index (χ1) is 14.2. The summed E-state index contributed by atoms with van der Waals surface area (Å²) in [5.41, 5.74) is 9.00. The van der Waals surface area contributed by atoms with Gasteiger partial charge in [0, 0.05) is 5.56 Å². The van der Waals surface area contributed by atoms with Gasteiger partial charge in [0.05, 0.1) is 7.11 Å². The molecule has 6 heteroatoms. The van der Waals surface area contributed by atoms with E-state index in [4.69, 9.17) is 15.2 Å². The minimum Gasteiger partial charge on any atom is -0.497 e. The van der Waals surface area contributed by atoms with Crippen LogP contribution in [0.4, 0.5) is 10.3 Å². The lowest BCUT2D eigenvalue weighted by atomic mass is 10.2. The molecule has 0 saturated carbocycles. The van der Waals surface area contributed by atoms with Crippen LogP contribution in [-0.4, -0.2) is 18.3 Å². The van der Waals surface area contributed by atoms with Crippen molar-refractivity contribution in [3.05, 3.63) is 84.2 Å². The summed E-state index contributed by atoms with van der Waals surface area (Å²) in [5, 5.41) is 0. The molecule has 0 spiro atoms. The summed E-state index contributed by atoms with van der Waals surface area (Å²) >= 11 is 0. The number of aromatic nitrogens is 2. The average molecular weight is 392 g/mol. The first kappa shape index (κ1) is 18.8. The highest BCUT2D eigenvalue weighted by Crippen LogP contribution is 2.19. The molecule has 4 rings (SSSR count). The standard InChI is InChI=1S/C23H22FN3O2/c1-28-18-10-12-19(13-11-18)29-15-14-26-21-8-4-5-9-22(21)27(23(26)25)16-17-6-2-3-7-20(17)24/h2-13,25H,14-16H2,1H3/p+1. The van der Waals surface area contributed by atoms with Crippen LogP contribution in [0.2, 0.25) is 0 Å². The Morgan fingerprint density at radius 2 is 1.62 bits per heavy atom. The third-order valence-corrected chi connectivity index (χ3v) is 4.95. The Balaban J connectivity index is 1.57. The van der Waals surface area contributed by atoms with E-state index < -0.39 is 0 Å². The number of hydrogen-bond donors (Lipinski definition) is 1. The predicted molar refractivity (Wildman–Crippen MR) is 111 cm³/mol. The maximum atomic E-state index is 14.2. The zero-order valence-corrected chi connectivity index (χ0v) is 16.2. The van der Waals surface area contributed by atoms with E-state index in [0.29, 0.717) is 31.2 Å². The zero-order chi connectivity index (χ0) is 20.2. The van der Waals surface area contributed by atoms with Crippen LogP contribution < -0.4 is 19.8 Å². The van der Waals surface area contributed by atoms with Crippen molar-refractivity contribution in [3.8, 4) is 11.5 Å². The quantitative estimate of drug-likeness (QED) is 0.487. The molecule has 0 bridgehead atoms. The van der Waals surface area contributed by atoms with Crippen molar-refractivity contribution in [2.24, 2.45) is 0 Å². The number of benzene rings is 3. The monoisotopic (exact) mass is 392 g/mol. The molecule has 2 N–H and O–H groups in total. The van der Waals surface area contributed by atoms with Crippen molar-refractivity contribution >= 4 is 17.0 Å². The maximum absolute atomic E-state index is 14.2. The molecule has 0 atom stereocenters. The molecule has 0 fully saturated rings. The Morgan fingerprint density at radius 3 is 2.38 bits per heavy atom. The Hall–Kier alpha value is -3.54. The summed E-state index contributed by atoms with van der Waals surface area (Å²) in [5.74, 6) is 1.87. The van der Waals surface area contributed by atoms with Gasteiger partial charge in [-0.1, -0.05) is 30.3 Å². The fourth-order valence-electron chi connectivity index (χ4n) is 3.44. The van der Waals surface area contributed by atoms with Crippen LogP contribution >= 0.6 is 0 Å². The molecule has 0 radical (unpaired) electrons. The number of nitrogens with zero attached hydrogens (tertiary/aromatic N) is 2. The van der Waals surface area contributed by atoms with Gasteiger partial charge >= 0.3 is 5.95 Å². The summed E-state index contributed by atoms with van der Waals surface area (Å²) < 4.78 is 29.1. The Labute approximate surface area is 168 Å². The second kappa shape index (κ2) is 8.22. The predicted octanol–water partition coefficient (Wildman–Crippen LogP) is 3.79. The van der Waals surface area contributed by atoms with E-state index in [1.54, 1.807) is 19.2 Å². The van der Waals surface area contributed by atoms with E-state index in [9.17, 15) is 4.39 Å². The van der Waals surface area contributed by atoms with Gasteiger partial charge in [0.2, 0.25) is 0 Å². The largest absolute Gasteiger partial charge is 0.497 e. The topological polar surface area (TPSA) is 53.3 Å². The van der Waals surface area contributed by atoms with Crippen molar-refractivity contribution in [1.29, 1.82) is 0 Å². The lowest BCUT2D eigenvalue weighted by Gasteiger charge is -2.07. The fourth-order valence-corrected chi connectivity index (χ4v) is 3.44. The van der Waals surface area contributed by atoms with Gasteiger partial charge in [-0.2, -0.15) is 0 Å². The summed E-state index contributed by atoms with van der Waals surface area (Å²) in [4.78, 5) is 0. The van der Waals surface area contributed by atoms with Crippen molar-refractivity contribution in [2.75, 3.05) is 19.5 Å². The molecule has 4 aromatic rings. The summed E-state index contributed by atoms with van der Waals surface area (Å²) in [6.45, 7) is 1.39. The molecule has 3 aromatic carbocycles. The van der Waals surface area contributed by atoms with E-state index in [1.807, 2.05) is 63.7 Å². The lowest BCUT2D eigenvalue weighted by Crippen LogP contribution is -2.37. The SMILES string of the molecule is COc1ccc(OCCn2c(N)[n+](Cc3ccccc3F)c3ccccc32)cc1. The molecule has 5 nitrogen and oxygen atoms in total. The van der Waals surface area contributed by atoms with Crippen LogP contribution in [0.15, 0.2) is 72.8 Å². The van der Waals surface area contributed by atoms with Gasteiger partial charge in [-0.15, -0.1) is 0 Å². The van der Waals surface area contributed by atoms with Gasteiger partial charge in [0.15, 0.2) is 0 Å². The minimum atomic E-state index is -0.237. The van der Waals surface area contributed by atoms with Gasteiger partial charge in [-0.25, -0.2) is 13.5 Å². The molecule has 148 valence electrons. The number of fused-ring (bicyclic) bond motifs is 1. The second-order valence-corrected chi connectivity index (χ2v) is 6.70. The van der Waals surface area contributed by atoms with Gasteiger partial charge < -0.3 is 9.47 Å². The number of nitrogen functional groups attached to an aromatic ring is 1. The zero-order valence-electron chi connectivity index (χ0n) is 16.2. The number of nitrogens with two attached hydrogens (primary N) is 1. The number of ether oxygens (including phenoxy) is 2. The minimum absolute atomic E-state index is 0.237. The summed E-state index contributed by atoms with van der Waals surface area (Å²) in [6.07, 6.45) is 0. The highest BCUT2D eigenvalue weighted by molar-refractivity contribution is 5.73. The van der Waals surface area contributed by atoms with Gasteiger partial charge in [-0.05, 0) is 42.5 Å². The van der Waals surface area contributed by atoms with Crippen molar-refractivity contribution < 1.29 is 18.4 Å². The third kappa shape index (κ3) is 3.87. The smallest absolute Gasteiger partial charge is 0.356 e. The van der Waals surface area contributed by atoms with Gasteiger partial charge in [0.25, 0.3) is 0 Å². The molecule has 1 aromatic heterocycles. The maximum Gasteiger partial charge on any atom is 0.356 e. The van der Waals surface area contributed by atoms with Gasteiger partial charge in [-0.3, -0.25) is 5.73 Å². The molecule has 29 heavy (non-hydrogen) atoms. The highest BCUT2D eigenvalue weighted by atomic mass is 19.1. The highest BCUT2D eigenvalue weighted by Gasteiger charge is 2.21. The van der Waals surface area contributed by atoms with E-state index in [1.165, 1.54) is 6.07 Å². The molecule has 0 saturated heterocycles. The molecule has 0 aliphatic heterocycles. The number of halogens is 1. The van der Waals surface area contributed by atoms with Crippen LogP contribution in [0.25, 0.3) is 11.0 Å². The summed E-state index contributed by atoms with van der Waals surface area (Å²) in [7, 11) is 1.63. The lowest BCUT2D eigenvalue weighted by molar-refractivity contribution is -0.648. The van der Waals surface area contributed by atoms with E-state index in [0.717, 1.165) is 22.5 Å². The summed E-state index contributed by atoms with van der Waals surface area (Å²) in [6, 6.07) is 22.1. The van der Waals surface area contributed by atoms with Crippen molar-refractivity contribution in [3.63, 3.8) is 0 Å². The van der Waals surface area contributed by atoms with Crippen molar-refractivity contribution in [2.45, 2.75) is 13.1 Å². The Kier molecular flexibility index (Phi) is 5.33. The molecule has 0 amide bonds. The molecule has 0 aliphatic carbocycles. The van der Waals surface area contributed by atoms with Gasteiger partial charge in [0.1, 0.15) is 48.0 Å². The first-order valence-corrected chi connectivity index (χ1v) is 9.44. The van der Waals surface area contributed by atoms with Crippen LogP contribution in [0.1, 0.15) is 5.56 Å². The number of para-hydroxylation sites is 2. The van der Waals surface area contributed by atoms with Crippen LogP contribution in [0.5, 0.6) is 11.5 Å². The van der Waals surface area contributed by atoms with Crippen molar-refractivity contribution in [1.82, 2.24) is 4.57 Å². The number of methoxy groups -OCH3 is 1. The molecule has 1 heterocycles. The van der Waals surface area contributed by atoms with E-state index in [-0.39, 0.29) is 5.82 Å². The number of imidazole rings is 1. The van der Waals surface area contributed by atoms with Crippen LogP contribution in [0, 0.1) is 5.82 Å². The molecule has 0 unspecified atom stereocenters. The van der Waals surface area contributed by atoms with E-state index in [2.05, 4.69) is 0 Å². The fraction of sp³-hybridized carbons (Fsp3) is 0.174. The van der Waals surface area contributed by atoms with Crippen LogP contribution in [-0.2, 0) is 13.1 Å². The van der Waals surface area contributed by atoms with E-state index >= 15 is 0 Å².